The monoisotopic (exact) mass is 391 g/mol. The number of benzene rings is 1. The molecule has 3 aromatic rings. The SMILES string of the molecule is CC1=CC(Nc2nc(-c3cccc(OC(C)C)c3)cc3nc(C)cn23)C(C)CN1. The summed E-state index contributed by atoms with van der Waals surface area (Å²) in [4.78, 5) is 9.65. The predicted octanol–water partition coefficient (Wildman–Crippen LogP) is 4.42. The van der Waals surface area contributed by atoms with Crippen molar-refractivity contribution in [3.05, 3.63) is 54.0 Å². The molecule has 0 bridgehead atoms. The molecule has 152 valence electrons. The Morgan fingerprint density at radius 1 is 1.21 bits per heavy atom. The van der Waals surface area contributed by atoms with E-state index in [1.807, 2.05) is 55.6 Å². The van der Waals surface area contributed by atoms with Crippen LogP contribution in [0.5, 0.6) is 5.75 Å². The van der Waals surface area contributed by atoms with E-state index in [0.29, 0.717) is 5.92 Å². The fraction of sp³-hybridized carbons (Fsp3) is 0.391. The average molecular weight is 392 g/mol. The van der Waals surface area contributed by atoms with Crippen LogP contribution in [-0.4, -0.2) is 33.1 Å². The minimum atomic E-state index is 0.129. The average Bonchev–Trinajstić information content (AvgIpc) is 3.05. The van der Waals surface area contributed by atoms with Crippen LogP contribution in [-0.2, 0) is 0 Å². The van der Waals surface area contributed by atoms with E-state index in [0.717, 1.165) is 40.8 Å². The van der Waals surface area contributed by atoms with Gasteiger partial charge in [0.2, 0.25) is 5.95 Å². The van der Waals surface area contributed by atoms with Gasteiger partial charge in [0.05, 0.1) is 23.5 Å². The van der Waals surface area contributed by atoms with Crippen molar-refractivity contribution in [1.82, 2.24) is 19.7 Å². The van der Waals surface area contributed by atoms with Crippen LogP contribution in [0.2, 0.25) is 0 Å². The van der Waals surface area contributed by atoms with Gasteiger partial charge in [-0.1, -0.05) is 19.1 Å². The second-order valence-corrected chi connectivity index (χ2v) is 8.15. The van der Waals surface area contributed by atoms with E-state index < -0.39 is 0 Å². The largest absolute Gasteiger partial charge is 0.491 e. The van der Waals surface area contributed by atoms with Crippen molar-refractivity contribution in [2.24, 2.45) is 5.92 Å². The Bertz CT molecular complexity index is 1050. The molecule has 0 amide bonds. The summed E-state index contributed by atoms with van der Waals surface area (Å²) in [6, 6.07) is 10.3. The minimum Gasteiger partial charge on any atom is -0.491 e. The van der Waals surface area contributed by atoms with Gasteiger partial charge in [0.25, 0.3) is 0 Å². The van der Waals surface area contributed by atoms with Gasteiger partial charge in [-0.15, -0.1) is 0 Å². The van der Waals surface area contributed by atoms with Crippen molar-refractivity contribution in [1.29, 1.82) is 0 Å². The van der Waals surface area contributed by atoms with Gasteiger partial charge in [-0.2, -0.15) is 0 Å². The molecule has 6 heteroatoms. The maximum Gasteiger partial charge on any atom is 0.209 e. The van der Waals surface area contributed by atoms with Crippen LogP contribution in [0, 0.1) is 12.8 Å². The zero-order chi connectivity index (χ0) is 20.5. The second-order valence-electron chi connectivity index (χ2n) is 8.15. The first-order chi connectivity index (χ1) is 13.9. The number of fused-ring (bicyclic) bond motifs is 1. The lowest BCUT2D eigenvalue weighted by Crippen LogP contribution is -2.38. The van der Waals surface area contributed by atoms with Crippen LogP contribution in [0.25, 0.3) is 16.9 Å². The molecule has 2 atom stereocenters. The summed E-state index contributed by atoms with van der Waals surface area (Å²) in [5.41, 5.74) is 4.93. The van der Waals surface area contributed by atoms with Crippen LogP contribution in [0.15, 0.2) is 48.3 Å². The van der Waals surface area contributed by atoms with Crippen molar-refractivity contribution in [3.8, 4) is 17.0 Å². The van der Waals surface area contributed by atoms with Crippen LogP contribution < -0.4 is 15.4 Å². The molecule has 3 heterocycles. The molecule has 1 aliphatic rings. The molecule has 6 nitrogen and oxygen atoms in total. The zero-order valence-corrected chi connectivity index (χ0v) is 17.7. The molecule has 0 saturated heterocycles. The number of hydrogen-bond donors (Lipinski definition) is 2. The molecule has 0 spiro atoms. The molecule has 29 heavy (non-hydrogen) atoms. The van der Waals surface area contributed by atoms with Crippen molar-refractivity contribution < 1.29 is 4.74 Å². The van der Waals surface area contributed by atoms with Crippen molar-refractivity contribution in [2.45, 2.75) is 46.8 Å². The second kappa shape index (κ2) is 7.78. The standard InChI is InChI=1S/C23H29N5O/c1-14(2)29-19-8-6-7-18(10-19)21-11-22-25-17(5)13-28(22)23(27-21)26-20-9-16(4)24-12-15(20)3/h6-11,13-15,20,24H,12H2,1-5H3,(H,26,27). The number of rotatable bonds is 5. The van der Waals surface area contributed by atoms with Crippen LogP contribution in [0.3, 0.4) is 0 Å². The third-order valence-electron chi connectivity index (χ3n) is 5.12. The molecular weight excluding hydrogens is 362 g/mol. The lowest BCUT2D eigenvalue weighted by molar-refractivity contribution is 0.242. The topological polar surface area (TPSA) is 63.5 Å². The number of imidazole rings is 1. The van der Waals surface area contributed by atoms with E-state index in [1.165, 1.54) is 5.70 Å². The van der Waals surface area contributed by atoms with Crippen LogP contribution in [0.1, 0.15) is 33.4 Å². The highest BCUT2D eigenvalue weighted by Gasteiger charge is 2.21. The molecule has 0 aliphatic carbocycles. The number of nitrogens with one attached hydrogen (secondary N) is 2. The van der Waals surface area contributed by atoms with Gasteiger partial charge in [0.1, 0.15) is 11.4 Å². The highest BCUT2D eigenvalue weighted by Crippen LogP contribution is 2.27. The number of nitrogens with zero attached hydrogens (tertiary/aromatic N) is 3. The summed E-state index contributed by atoms with van der Waals surface area (Å²) in [5.74, 6) is 2.10. The smallest absolute Gasteiger partial charge is 0.209 e. The highest BCUT2D eigenvalue weighted by atomic mass is 16.5. The summed E-state index contributed by atoms with van der Waals surface area (Å²) < 4.78 is 7.90. The Labute approximate surface area is 172 Å². The lowest BCUT2D eigenvalue weighted by atomic mass is 9.98. The number of ether oxygens (including phenoxy) is 1. The molecule has 0 radical (unpaired) electrons. The molecule has 4 rings (SSSR count). The first kappa shape index (κ1) is 19.3. The quantitative estimate of drug-likeness (QED) is 0.674. The van der Waals surface area contributed by atoms with Gasteiger partial charge in [-0.25, -0.2) is 9.97 Å². The number of hydrogen-bond acceptors (Lipinski definition) is 5. The van der Waals surface area contributed by atoms with Crippen molar-refractivity contribution in [3.63, 3.8) is 0 Å². The van der Waals surface area contributed by atoms with Gasteiger partial charge >= 0.3 is 0 Å². The van der Waals surface area contributed by atoms with Crippen molar-refractivity contribution >= 4 is 11.6 Å². The van der Waals surface area contributed by atoms with Crippen LogP contribution in [0.4, 0.5) is 5.95 Å². The summed E-state index contributed by atoms with van der Waals surface area (Å²) in [5, 5.41) is 7.05. The summed E-state index contributed by atoms with van der Waals surface area (Å²) in [6.07, 6.45) is 4.38. The molecular formula is C23H29N5O. The number of aryl methyl sites for hydroxylation is 1. The highest BCUT2D eigenvalue weighted by molar-refractivity contribution is 5.67. The number of anilines is 1. The maximum atomic E-state index is 5.87. The fourth-order valence-electron chi connectivity index (χ4n) is 3.64. The van der Waals surface area contributed by atoms with E-state index in [1.54, 1.807) is 0 Å². The molecule has 2 N–H and O–H groups in total. The Morgan fingerprint density at radius 2 is 2.03 bits per heavy atom. The van der Waals surface area contributed by atoms with Gasteiger partial charge in [-0.05, 0) is 51.8 Å². The molecule has 2 unspecified atom stereocenters. The van der Waals surface area contributed by atoms with Crippen molar-refractivity contribution in [2.75, 3.05) is 11.9 Å². The van der Waals surface area contributed by atoms with E-state index in [4.69, 9.17) is 9.72 Å². The first-order valence-corrected chi connectivity index (χ1v) is 10.2. The third-order valence-corrected chi connectivity index (χ3v) is 5.12. The lowest BCUT2D eigenvalue weighted by Gasteiger charge is -2.29. The van der Waals surface area contributed by atoms with Gasteiger partial charge in [0.15, 0.2) is 0 Å². The maximum absolute atomic E-state index is 5.87. The summed E-state index contributed by atoms with van der Waals surface area (Å²) in [6.45, 7) is 11.3. The van der Waals surface area contributed by atoms with E-state index >= 15 is 0 Å². The minimum absolute atomic E-state index is 0.129. The molecule has 1 aliphatic heterocycles. The summed E-state index contributed by atoms with van der Waals surface area (Å²) >= 11 is 0. The molecule has 0 fully saturated rings. The normalized spacial score (nSPS) is 19.2. The Morgan fingerprint density at radius 3 is 2.83 bits per heavy atom. The Hall–Kier alpha value is -3.02. The Balaban J connectivity index is 1.76. The van der Waals surface area contributed by atoms with E-state index in [2.05, 4.69) is 41.6 Å². The molecule has 0 saturated carbocycles. The third kappa shape index (κ3) is 4.21. The van der Waals surface area contributed by atoms with E-state index in [-0.39, 0.29) is 12.1 Å². The predicted molar refractivity (Wildman–Crippen MR) is 117 cm³/mol. The van der Waals surface area contributed by atoms with E-state index in [9.17, 15) is 0 Å². The van der Waals surface area contributed by atoms with Gasteiger partial charge in [0, 0.05) is 30.1 Å². The molecule has 2 aromatic heterocycles. The zero-order valence-electron chi connectivity index (χ0n) is 17.7. The summed E-state index contributed by atoms with van der Waals surface area (Å²) in [7, 11) is 0. The fourth-order valence-corrected chi connectivity index (χ4v) is 3.64. The van der Waals surface area contributed by atoms with Crippen LogP contribution >= 0.6 is 0 Å². The van der Waals surface area contributed by atoms with Gasteiger partial charge < -0.3 is 15.4 Å². The first-order valence-electron chi connectivity index (χ1n) is 10.2. The number of aromatic nitrogens is 3. The number of allylic oxidation sites excluding steroid dienone is 1. The molecule has 1 aromatic carbocycles. The van der Waals surface area contributed by atoms with Gasteiger partial charge in [-0.3, -0.25) is 4.40 Å². The Kier molecular flexibility index (Phi) is 5.18.